The molecule has 0 fully saturated rings. The summed E-state index contributed by atoms with van der Waals surface area (Å²) in [5, 5.41) is 13.6. The maximum absolute atomic E-state index is 13.2. The first-order chi connectivity index (χ1) is 17.2. The fraction of sp³-hybridized carbons (Fsp3) is 0.333. The maximum Gasteiger partial charge on any atom is 0.573 e. The molecule has 0 aliphatic carbocycles. The zero-order chi connectivity index (χ0) is 27.4. The van der Waals surface area contributed by atoms with Crippen molar-refractivity contribution in [3.8, 4) is 11.5 Å². The Morgan fingerprint density at radius 1 is 0.973 bits per heavy atom. The highest BCUT2D eigenvalue weighted by Crippen LogP contribution is 2.31. The van der Waals surface area contributed by atoms with Crippen LogP contribution in [0.3, 0.4) is 0 Å². The van der Waals surface area contributed by atoms with Crippen LogP contribution < -0.4 is 14.8 Å². The number of rotatable bonds is 9. The van der Waals surface area contributed by atoms with Gasteiger partial charge in [-0.2, -0.15) is 0 Å². The Kier molecular flexibility index (Phi) is 8.32. The van der Waals surface area contributed by atoms with E-state index < -0.39 is 36.0 Å². The predicted octanol–water partition coefficient (Wildman–Crippen LogP) is 5.70. The van der Waals surface area contributed by atoms with Gasteiger partial charge < -0.3 is 24.6 Å². The van der Waals surface area contributed by atoms with Gasteiger partial charge in [0.15, 0.2) is 6.04 Å². The zero-order valence-corrected chi connectivity index (χ0v) is 20.8. The molecule has 0 aliphatic rings. The number of carboxylic acid groups (broad SMARTS) is 1. The van der Waals surface area contributed by atoms with Crippen LogP contribution in [-0.2, 0) is 16.1 Å². The number of carbonyl (C=O) groups excluding carboxylic acids is 1. The first kappa shape index (κ1) is 27.8. The molecule has 0 heterocycles. The molecular formula is C27H28F3NO6. The lowest BCUT2D eigenvalue weighted by Gasteiger charge is -2.29. The minimum atomic E-state index is -4.80. The van der Waals surface area contributed by atoms with Crippen LogP contribution in [0, 0.1) is 0 Å². The molecule has 37 heavy (non-hydrogen) atoms. The number of fused-ring (bicyclic) bond motifs is 1. The van der Waals surface area contributed by atoms with Crippen molar-refractivity contribution in [2.24, 2.45) is 0 Å². The third kappa shape index (κ3) is 7.85. The molecule has 0 spiro atoms. The van der Waals surface area contributed by atoms with Crippen molar-refractivity contribution >= 4 is 22.6 Å². The number of hydrogen-bond acceptors (Lipinski definition) is 5. The van der Waals surface area contributed by atoms with Gasteiger partial charge in [-0.1, -0.05) is 42.5 Å². The Morgan fingerprint density at radius 2 is 1.62 bits per heavy atom. The number of amides is 1. The number of ether oxygens (including phenoxy) is 3. The summed E-state index contributed by atoms with van der Waals surface area (Å²) in [6.45, 7) is 6.84. The molecule has 0 saturated heterocycles. The van der Waals surface area contributed by atoms with Gasteiger partial charge in [0.1, 0.15) is 18.1 Å². The van der Waals surface area contributed by atoms with Gasteiger partial charge >= 0.3 is 12.3 Å². The maximum atomic E-state index is 13.2. The number of carbonyl (C=O) groups is 2. The number of carboxylic acids is 1. The van der Waals surface area contributed by atoms with E-state index in [0.29, 0.717) is 10.9 Å². The van der Waals surface area contributed by atoms with Crippen LogP contribution >= 0.6 is 0 Å². The standard InChI is InChI=1S/C27H28F3NO6/c1-16(36-26(2,3)4)22(25(33)34)31-24(32)21-14-11-18-7-5-6-8-20(18)23(21)35-15-17-9-12-19(13-10-17)37-27(28,29)30/h5-14,16,22H,15H2,1-4H3,(H,31,32)(H,33,34)/t16-,22+/m1/s1. The van der Waals surface area contributed by atoms with Crippen molar-refractivity contribution in [3.05, 3.63) is 71.8 Å². The third-order valence-corrected chi connectivity index (χ3v) is 5.23. The Bertz CT molecular complexity index is 1250. The molecule has 198 valence electrons. The fourth-order valence-electron chi connectivity index (χ4n) is 3.74. The molecule has 2 atom stereocenters. The van der Waals surface area contributed by atoms with E-state index in [4.69, 9.17) is 9.47 Å². The molecule has 0 bridgehead atoms. The van der Waals surface area contributed by atoms with E-state index in [2.05, 4.69) is 10.1 Å². The summed E-state index contributed by atoms with van der Waals surface area (Å²) < 4.78 is 52.9. The van der Waals surface area contributed by atoms with Gasteiger partial charge in [0.2, 0.25) is 0 Å². The number of hydrogen-bond donors (Lipinski definition) is 2. The van der Waals surface area contributed by atoms with Crippen LogP contribution in [0.1, 0.15) is 43.6 Å². The zero-order valence-electron chi connectivity index (χ0n) is 20.8. The summed E-state index contributed by atoms with van der Waals surface area (Å²) in [6.07, 6.45) is -5.63. The lowest BCUT2D eigenvalue weighted by atomic mass is 10.0. The largest absolute Gasteiger partial charge is 0.573 e. The first-order valence-electron chi connectivity index (χ1n) is 11.4. The van der Waals surface area contributed by atoms with Gasteiger partial charge in [0, 0.05) is 5.39 Å². The minimum absolute atomic E-state index is 0.0630. The molecule has 10 heteroatoms. The summed E-state index contributed by atoms with van der Waals surface area (Å²) in [5.74, 6) is -2.09. The van der Waals surface area contributed by atoms with E-state index in [0.717, 1.165) is 17.5 Å². The summed E-state index contributed by atoms with van der Waals surface area (Å²) in [6, 6.07) is 14.2. The molecule has 2 N–H and O–H groups in total. The highest BCUT2D eigenvalue weighted by molar-refractivity contribution is 6.04. The van der Waals surface area contributed by atoms with Crippen LogP contribution in [0.2, 0.25) is 0 Å². The molecule has 7 nitrogen and oxygen atoms in total. The van der Waals surface area contributed by atoms with E-state index in [1.165, 1.54) is 18.2 Å². The number of alkyl halides is 3. The summed E-state index contributed by atoms with van der Waals surface area (Å²) >= 11 is 0. The summed E-state index contributed by atoms with van der Waals surface area (Å²) in [5.41, 5.74) is 0.00446. The van der Waals surface area contributed by atoms with Crippen LogP contribution in [0.5, 0.6) is 11.5 Å². The summed E-state index contributed by atoms with van der Waals surface area (Å²) in [4.78, 5) is 25.2. The Hall–Kier alpha value is -3.79. The smallest absolute Gasteiger partial charge is 0.487 e. The predicted molar refractivity (Wildman–Crippen MR) is 131 cm³/mol. The van der Waals surface area contributed by atoms with Crippen molar-refractivity contribution in [1.82, 2.24) is 5.32 Å². The average molecular weight is 520 g/mol. The van der Waals surface area contributed by atoms with Gasteiger partial charge in [-0.25, -0.2) is 4.79 Å². The second kappa shape index (κ2) is 11.1. The van der Waals surface area contributed by atoms with Gasteiger partial charge in [0.25, 0.3) is 5.91 Å². The van der Waals surface area contributed by atoms with Crippen molar-refractivity contribution in [2.75, 3.05) is 0 Å². The van der Waals surface area contributed by atoms with Crippen LogP contribution in [-0.4, -0.2) is 41.1 Å². The van der Waals surface area contributed by atoms with Crippen molar-refractivity contribution in [3.63, 3.8) is 0 Å². The van der Waals surface area contributed by atoms with E-state index in [-0.39, 0.29) is 23.7 Å². The van der Waals surface area contributed by atoms with E-state index >= 15 is 0 Å². The van der Waals surface area contributed by atoms with Crippen molar-refractivity contribution in [2.45, 2.75) is 58.4 Å². The first-order valence-corrected chi connectivity index (χ1v) is 11.4. The molecule has 3 aromatic carbocycles. The molecule has 0 aromatic heterocycles. The van der Waals surface area contributed by atoms with E-state index in [1.807, 2.05) is 12.1 Å². The number of benzene rings is 3. The second-order valence-corrected chi connectivity index (χ2v) is 9.37. The number of nitrogens with one attached hydrogen (secondary N) is 1. The van der Waals surface area contributed by atoms with Crippen LogP contribution in [0.15, 0.2) is 60.7 Å². The van der Waals surface area contributed by atoms with E-state index in [1.54, 1.807) is 45.9 Å². The fourth-order valence-corrected chi connectivity index (χ4v) is 3.74. The highest BCUT2D eigenvalue weighted by atomic mass is 19.4. The quantitative estimate of drug-likeness (QED) is 0.377. The van der Waals surface area contributed by atoms with Crippen molar-refractivity contribution in [1.29, 1.82) is 0 Å². The van der Waals surface area contributed by atoms with Gasteiger partial charge in [-0.3, -0.25) is 4.79 Å². The number of halogens is 3. The normalized spacial score (nSPS) is 13.6. The minimum Gasteiger partial charge on any atom is -0.487 e. The third-order valence-electron chi connectivity index (χ3n) is 5.23. The Balaban J connectivity index is 1.87. The summed E-state index contributed by atoms with van der Waals surface area (Å²) in [7, 11) is 0. The van der Waals surface area contributed by atoms with Crippen LogP contribution in [0.25, 0.3) is 10.8 Å². The Labute approximate surface area is 212 Å². The highest BCUT2D eigenvalue weighted by Gasteiger charge is 2.32. The Morgan fingerprint density at radius 3 is 2.22 bits per heavy atom. The number of aliphatic carboxylic acids is 1. The van der Waals surface area contributed by atoms with Crippen LogP contribution in [0.4, 0.5) is 13.2 Å². The molecule has 1 amide bonds. The molecule has 3 rings (SSSR count). The van der Waals surface area contributed by atoms with Gasteiger partial charge in [0.05, 0.1) is 17.3 Å². The van der Waals surface area contributed by atoms with Gasteiger partial charge in [-0.15, -0.1) is 13.2 Å². The molecule has 0 unspecified atom stereocenters. The van der Waals surface area contributed by atoms with Crippen molar-refractivity contribution < 1.29 is 42.1 Å². The molecule has 0 saturated carbocycles. The molecule has 3 aromatic rings. The second-order valence-electron chi connectivity index (χ2n) is 9.37. The molecule has 0 aliphatic heterocycles. The topological polar surface area (TPSA) is 94.1 Å². The SMILES string of the molecule is C[C@@H](OC(C)(C)C)[C@H](NC(=O)c1ccc2ccccc2c1OCc1ccc(OC(F)(F)F)cc1)C(=O)O. The average Bonchev–Trinajstić information content (AvgIpc) is 2.79. The van der Waals surface area contributed by atoms with Gasteiger partial charge in [-0.05, 0) is 56.8 Å². The lowest BCUT2D eigenvalue weighted by molar-refractivity contribution is -0.274. The lowest BCUT2D eigenvalue weighted by Crippen LogP contribution is -2.50. The monoisotopic (exact) mass is 519 g/mol. The molecule has 0 radical (unpaired) electrons. The molecular weight excluding hydrogens is 491 g/mol. The van der Waals surface area contributed by atoms with E-state index in [9.17, 15) is 27.9 Å².